The van der Waals surface area contributed by atoms with Crippen molar-refractivity contribution in [3.8, 4) is 0 Å². The first-order chi connectivity index (χ1) is 12.2. The Morgan fingerprint density at radius 1 is 0.920 bits per heavy atom. The van der Waals surface area contributed by atoms with Gasteiger partial charge in [-0.2, -0.15) is 0 Å². The fourth-order valence-electron chi connectivity index (χ4n) is 3.46. The fourth-order valence-corrected chi connectivity index (χ4v) is 3.46. The van der Waals surface area contributed by atoms with Crippen LogP contribution in [0.15, 0.2) is 54.6 Å². The van der Waals surface area contributed by atoms with Crippen molar-refractivity contribution in [3.05, 3.63) is 71.3 Å². The van der Waals surface area contributed by atoms with Gasteiger partial charge in [0.05, 0.1) is 6.42 Å². The standard InChI is InChI=1S/C22H28N2O/c1-19-8-5-6-12-21(19)18-22(25)24-16-14-23(15-17-24)13-7-11-20-9-3-2-4-10-20/h2-6,8-10,12H,7,11,13-18H2,1H3. The minimum Gasteiger partial charge on any atom is -0.340 e. The lowest BCUT2D eigenvalue weighted by atomic mass is 10.1. The van der Waals surface area contributed by atoms with Crippen LogP contribution < -0.4 is 0 Å². The topological polar surface area (TPSA) is 23.6 Å². The van der Waals surface area contributed by atoms with Crippen LogP contribution in [0.3, 0.4) is 0 Å². The third-order valence-electron chi connectivity index (χ3n) is 5.11. The molecule has 0 N–H and O–H groups in total. The minimum absolute atomic E-state index is 0.262. The van der Waals surface area contributed by atoms with E-state index in [0.717, 1.165) is 44.7 Å². The average molecular weight is 336 g/mol. The normalized spacial score (nSPS) is 15.3. The Hall–Kier alpha value is -2.13. The van der Waals surface area contributed by atoms with Crippen LogP contribution in [0.5, 0.6) is 0 Å². The summed E-state index contributed by atoms with van der Waals surface area (Å²) in [4.78, 5) is 17.0. The zero-order valence-electron chi connectivity index (χ0n) is 15.2. The van der Waals surface area contributed by atoms with E-state index in [1.807, 2.05) is 17.0 Å². The summed E-state index contributed by atoms with van der Waals surface area (Å²) in [5.74, 6) is 0.262. The summed E-state index contributed by atoms with van der Waals surface area (Å²) in [7, 11) is 0. The Kier molecular flexibility index (Phi) is 6.24. The number of benzene rings is 2. The first kappa shape index (κ1) is 17.7. The van der Waals surface area contributed by atoms with E-state index in [2.05, 4.69) is 54.3 Å². The van der Waals surface area contributed by atoms with Crippen LogP contribution in [0.4, 0.5) is 0 Å². The fraction of sp³-hybridized carbons (Fsp3) is 0.409. The number of carbonyl (C=O) groups is 1. The molecule has 1 saturated heterocycles. The van der Waals surface area contributed by atoms with Crippen LogP contribution in [-0.4, -0.2) is 48.4 Å². The van der Waals surface area contributed by atoms with Crippen LogP contribution in [0.2, 0.25) is 0 Å². The van der Waals surface area contributed by atoms with E-state index in [0.29, 0.717) is 6.42 Å². The molecule has 1 heterocycles. The van der Waals surface area contributed by atoms with Gasteiger partial charge < -0.3 is 4.90 Å². The number of carbonyl (C=O) groups excluding carboxylic acids is 1. The molecule has 1 aliphatic rings. The third kappa shape index (κ3) is 5.17. The summed E-state index contributed by atoms with van der Waals surface area (Å²) in [6, 6.07) is 18.8. The maximum atomic E-state index is 12.5. The predicted molar refractivity (Wildman–Crippen MR) is 103 cm³/mol. The third-order valence-corrected chi connectivity index (χ3v) is 5.11. The molecule has 3 heteroatoms. The quantitative estimate of drug-likeness (QED) is 0.808. The van der Waals surface area contributed by atoms with Gasteiger partial charge in [-0.3, -0.25) is 9.69 Å². The smallest absolute Gasteiger partial charge is 0.227 e. The highest BCUT2D eigenvalue weighted by molar-refractivity contribution is 5.79. The largest absolute Gasteiger partial charge is 0.340 e. The monoisotopic (exact) mass is 336 g/mol. The molecule has 0 unspecified atom stereocenters. The van der Waals surface area contributed by atoms with Crippen molar-refractivity contribution in [2.45, 2.75) is 26.2 Å². The number of hydrogen-bond acceptors (Lipinski definition) is 2. The SMILES string of the molecule is Cc1ccccc1CC(=O)N1CCN(CCCc2ccccc2)CC1. The molecule has 3 rings (SSSR count). The van der Waals surface area contributed by atoms with Crippen molar-refractivity contribution in [2.75, 3.05) is 32.7 Å². The predicted octanol–water partition coefficient (Wildman–Crippen LogP) is 3.31. The zero-order valence-corrected chi connectivity index (χ0v) is 15.2. The number of aryl methyl sites for hydroxylation is 2. The van der Waals surface area contributed by atoms with Gasteiger partial charge in [-0.25, -0.2) is 0 Å². The minimum atomic E-state index is 0.262. The maximum absolute atomic E-state index is 12.5. The first-order valence-electron chi connectivity index (χ1n) is 9.31. The van der Waals surface area contributed by atoms with Gasteiger partial charge in [-0.05, 0) is 43.0 Å². The van der Waals surface area contributed by atoms with E-state index >= 15 is 0 Å². The van der Waals surface area contributed by atoms with Crippen molar-refractivity contribution >= 4 is 5.91 Å². The van der Waals surface area contributed by atoms with Crippen LogP contribution in [0.25, 0.3) is 0 Å². The Bertz CT molecular complexity index is 675. The van der Waals surface area contributed by atoms with Crippen molar-refractivity contribution in [3.63, 3.8) is 0 Å². The molecular formula is C22H28N2O. The van der Waals surface area contributed by atoms with Gasteiger partial charge in [0, 0.05) is 26.2 Å². The van der Waals surface area contributed by atoms with E-state index in [9.17, 15) is 4.79 Å². The molecule has 0 bridgehead atoms. The number of hydrogen-bond donors (Lipinski definition) is 0. The van der Waals surface area contributed by atoms with Crippen molar-refractivity contribution in [1.82, 2.24) is 9.80 Å². The summed E-state index contributed by atoms with van der Waals surface area (Å²) in [6.07, 6.45) is 2.84. The molecule has 0 spiro atoms. The van der Waals surface area contributed by atoms with Crippen molar-refractivity contribution in [1.29, 1.82) is 0 Å². The van der Waals surface area contributed by atoms with Gasteiger partial charge in [0.15, 0.2) is 0 Å². The lowest BCUT2D eigenvalue weighted by Gasteiger charge is -2.35. The Morgan fingerprint density at radius 2 is 1.60 bits per heavy atom. The molecule has 1 aliphatic heterocycles. The van der Waals surface area contributed by atoms with E-state index < -0.39 is 0 Å². The molecule has 0 radical (unpaired) electrons. The number of nitrogens with zero attached hydrogens (tertiary/aromatic N) is 2. The zero-order chi connectivity index (χ0) is 17.5. The molecule has 0 saturated carbocycles. The molecule has 0 atom stereocenters. The molecule has 2 aromatic rings. The first-order valence-corrected chi connectivity index (χ1v) is 9.31. The molecule has 132 valence electrons. The molecule has 0 aliphatic carbocycles. The van der Waals surface area contributed by atoms with Crippen molar-refractivity contribution < 1.29 is 4.79 Å². The lowest BCUT2D eigenvalue weighted by molar-refractivity contribution is -0.132. The number of amides is 1. The second-order valence-electron chi connectivity index (χ2n) is 6.91. The van der Waals surface area contributed by atoms with Gasteiger partial charge in [0.25, 0.3) is 0 Å². The van der Waals surface area contributed by atoms with Gasteiger partial charge in [-0.1, -0.05) is 54.6 Å². The second kappa shape index (κ2) is 8.82. The second-order valence-corrected chi connectivity index (χ2v) is 6.91. The highest BCUT2D eigenvalue weighted by Gasteiger charge is 2.21. The van der Waals surface area contributed by atoms with E-state index in [4.69, 9.17) is 0 Å². The summed E-state index contributed by atoms with van der Waals surface area (Å²) >= 11 is 0. The molecule has 1 fully saturated rings. The van der Waals surface area contributed by atoms with Gasteiger partial charge in [-0.15, -0.1) is 0 Å². The van der Waals surface area contributed by atoms with Gasteiger partial charge in [0.2, 0.25) is 5.91 Å². The summed E-state index contributed by atoms with van der Waals surface area (Å²) in [6.45, 7) is 6.90. The lowest BCUT2D eigenvalue weighted by Crippen LogP contribution is -2.49. The molecule has 2 aromatic carbocycles. The Balaban J connectivity index is 1.39. The van der Waals surface area contributed by atoms with Crippen molar-refractivity contribution in [2.24, 2.45) is 0 Å². The highest BCUT2D eigenvalue weighted by Crippen LogP contribution is 2.11. The molecule has 3 nitrogen and oxygen atoms in total. The molecular weight excluding hydrogens is 308 g/mol. The van der Waals surface area contributed by atoms with E-state index in [-0.39, 0.29) is 5.91 Å². The van der Waals surface area contributed by atoms with Crippen LogP contribution in [-0.2, 0) is 17.6 Å². The van der Waals surface area contributed by atoms with Crippen LogP contribution in [0, 0.1) is 6.92 Å². The van der Waals surface area contributed by atoms with E-state index in [1.165, 1.54) is 17.5 Å². The number of piperazine rings is 1. The molecule has 1 amide bonds. The average Bonchev–Trinajstić information content (AvgIpc) is 2.65. The van der Waals surface area contributed by atoms with Gasteiger partial charge >= 0.3 is 0 Å². The van der Waals surface area contributed by atoms with E-state index in [1.54, 1.807) is 0 Å². The summed E-state index contributed by atoms with van der Waals surface area (Å²) < 4.78 is 0. The Morgan fingerprint density at radius 3 is 2.32 bits per heavy atom. The summed E-state index contributed by atoms with van der Waals surface area (Å²) in [5, 5.41) is 0. The summed E-state index contributed by atoms with van der Waals surface area (Å²) in [5.41, 5.74) is 3.77. The van der Waals surface area contributed by atoms with Gasteiger partial charge in [0.1, 0.15) is 0 Å². The van der Waals surface area contributed by atoms with Crippen LogP contribution >= 0.6 is 0 Å². The maximum Gasteiger partial charge on any atom is 0.227 e. The number of rotatable bonds is 6. The van der Waals surface area contributed by atoms with Crippen LogP contribution in [0.1, 0.15) is 23.1 Å². The molecule has 25 heavy (non-hydrogen) atoms. The molecule has 0 aromatic heterocycles. The Labute approximate surface area is 151 Å². The highest BCUT2D eigenvalue weighted by atomic mass is 16.2.